The van der Waals surface area contributed by atoms with Crippen molar-refractivity contribution in [3.63, 3.8) is 0 Å². The summed E-state index contributed by atoms with van der Waals surface area (Å²) in [5.41, 5.74) is 0.412. The zero-order chi connectivity index (χ0) is 16.9. The summed E-state index contributed by atoms with van der Waals surface area (Å²) < 4.78 is 5.44. The van der Waals surface area contributed by atoms with Gasteiger partial charge in [0.2, 0.25) is 5.78 Å². The fourth-order valence-corrected chi connectivity index (χ4v) is 3.10. The van der Waals surface area contributed by atoms with Gasteiger partial charge in [-0.15, -0.1) is 0 Å². The van der Waals surface area contributed by atoms with Gasteiger partial charge in [0, 0.05) is 17.6 Å². The first kappa shape index (κ1) is 15.2. The van der Waals surface area contributed by atoms with Crippen LogP contribution in [0.5, 0.6) is 0 Å². The maximum Gasteiger partial charge on any atom is 0.220 e. The third kappa shape index (κ3) is 2.10. The van der Waals surface area contributed by atoms with Crippen molar-refractivity contribution in [1.29, 1.82) is 0 Å². The number of allylic oxidation sites excluding steroid dienone is 5. The lowest BCUT2D eigenvalue weighted by Gasteiger charge is -2.33. The van der Waals surface area contributed by atoms with Crippen molar-refractivity contribution in [2.24, 2.45) is 0 Å². The van der Waals surface area contributed by atoms with E-state index in [4.69, 9.17) is 4.74 Å². The first-order valence-corrected chi connectivity index (χ1v) is 7.00. The Morgan fingerprint density at radius 3 is 2.70 bits per heavy atom. The van der Waals surface area contributed by atoms with Crippen LogP contribution < -0.4 is 0 Å². The highest BCUT2D eigenvalue weighted by atomic mass is 16.5. The van der Waals surface area contributed by atoms with E-state index in [1.165, 1.54) is 25.2 Å². The van der Waals surface area contributed by atoms with E-state index in [1.807, 2.05) is 0 Å². The molecule has 0 saturated heterocycles. The van der Waals surface area contributed by atoms with Crippen molar-refractivity contribution in [2.75, 3.05) is 6.61 Å². The Morgan fingerprint density at radius 1 is 1.39 bits per heavy atom. The predicted molar refractivity (Wildman–Crippen MR) is 81.5 cm³/mol. The SMILES string of the molecule is C=CC1=C(/C(O)=C(\C)O)OCC2(O)CC3=CC(=O)C(O)=CC3=C12. The molecule has 0 saturated carbocycles. The van der Waals surface area contributed by atoms with E-state index in [-0.39, 0.29) is 24.5 Å². The van der Waals surface area contributed by atoms with Crippen LogP contribution in [0.4, 0.5) is 0 Å². The Bertz CT molecular complexity index is 786. The van der Waals surface area contributed by atoms with Crippen LogP contribution >= 0.6 is 0 Å². The highest BCUT2D eigenvalue weighted by molar-refractivity contribution is 6.05. The molecule has 0 radical (unpaired) electrons. The average Bonchev–Trinajstić information content (AvgIpc) is 2.77. The Morgan fingerprint density at radius 2 is 2.09 bits per heavy atom. The van der Waals surface area contributed by atoms with Crippen molar-refractivity contribution in [3.8, 4) is 0 Å². The summed E-state index contributed by atoms with van der Waals surface area (Å²) in [5.74, 6) is -1.73. The van der Waals surface area contributed by atoms with Crippen molar-refractivity contribution in [1.82, 2.24) is 0 Å². The zero-order valence-corrected chi connectivity index (χ0v) is 12.5. The molecule has 1 unspecified atom stereocenters. The van der Waals surface area contributed by atoms with Gasteiger partial charge in [0.25, 0.3) is 0 Å². The number of hydrogen-bond donors (Lipinski definition) is 4. The predicted octanol–water partition coefficient (Wildman–Crippen LogP) is 2.19. The van der Waals surface area contributed by atoms with E-state index in [1.54, 1.807) is 0 Å². The molecule has 120 valence electrons. The Labute approximate surface area is 132 Å². The van der Waals surface area contributed by atoms with Crippen LogP contribution in [0.1, 0.15) is 13.3 Å². The number of aliphatic hydroxyl groups excluding tert-OH is 3. The van der Waals surface area contributed by atoms with Crippen LogP contribution in [-0.4, -0.2) is 38.4 Å². The van der Waals surface area contributed by atoms with Crippen molar-refractivity contribution < 1.29 is 30.0 Å². The number of aliphatic hydroxyl groups is 4. The molecule has 0 aromatic carbocycles. The van der Waals surface area contributed by atoms with Crippen LogP contribution in [0, 0.1) is 0 Å². The smallest absolute Gasteiger partial charge is 0.220 e. The number of hydrogen-bond acceptors (Lipinski definition) is 6. The molecule has 3 rings (SSSR count). The van der Waals surface area contributed by atoms with Crippen LogP contribution in [0.15, 0.2) is 70.1 Å². The van der Waals surface area contributed by atoms with E-state index in [9.17, 15) is 25.2 Å². The van der Waals surface area contributed by atoms with Gasteiger partial charge in [0.05, 0.1) is 0 Å². The summed E-state index contributed by atoms with van der Waals surface area (Å²) in [6.45, 7) is 4.82. The molecule has 3 aliphatic rings. The van der Waals surface area contributed by atoms with Gasteiger partial charge in [-0.2, -0.15) is 0 Å². The highest BCUT2D eigenvalue weighted by Crippen LogP contribution is 2.49. The molecule has 0 bridgehead atoms. The maximum absolute atomic E-state index is 11.6. The fourth-order valence-electron chi connectivity index (χ4n) is 3.10. The van der Waals surface area contributed by atoms with Gasteiger partial charge in [-0.25, -0.2) is 0 Å². The molecule has 2 aliphatic carbocycles. The van der Waals surface area contributed by atoms with Gasteiger partial charge in [0.1, 0.15) is 18.0 Å². The molecule has 0 spiro atoms. The minimum atomic E-state index is -1.39. The molecular weight excluding hydrogens is 300 g/mol. The molecule has 1 heterocycles. The van der Waals surface area contributed by atoms with Gasteiger partial charge < -0.3 is 25.2 Å². The molecule has 1 aliphatic heterocycles. The summed E-state index contributed by atoms with van der Waals surface area (Å²) in [6, 6.07) is 0. The number of carbonyl (C=O) groups is 1. The maximum atomic E-state index is 11.6. The molecule has 0 amide bonds. The first-order chi connectivity index (χ1) is 10.8. The number of ketones is 1. The van der Waals surface area contributed by atoms with Crippen LogP contribution in [0.2, 0.25) is 0 Å². The fraction of sp³-hybridized carbons (Fsp3) is 0.235. The second kappa shape index (κ2) is 4.89. The molecule has 4 N–H and O–H groups in total. The summed E-state index contributed by atoms with van der Waals surface area (Å²) >= 11 is 0. The molecule has 1 atom stereocenters. The Kier molecular flexibility index (Phi) is 3.23. The Hall–Kier alpha value is -2.73. The van der Waals surface area contributed by atoms with Crippen LogP contribution in [0.3, 0.4) is 0 Å². The van der Waals surface area contributed by atoms with Crippen LogP contribution in [0.25, 0.3) is 0 Å². The van der Waals surface area contributed by atoms with Gasteiger partial charge in [0.15, 0.2) is 17.3 Å². The number of ether oxygens (including phenoxy) is 1. The number of carbonyl (C=O) groups excluding carboxylic acids is 1. The lowest BCUT2D eigenvalue weighted by Crippen LogP contribution is -2.38. The molecule has 0 fully saturated rings. The van der Waals surface area contributed by atoms with Gasteiger partial charge in [-0.05, 0) is 30.2 Å². The quantitative estimate of drug-likeness (QED) is 0.582. The second-order valence-corrected chi connectivity index (χ2v) is 5.73. The molecule has 0 aromatic rings. The minimum Gasteiger partial charge on any atom is -0.509 e. The topological polar surface area (TPSA) is 107 Å². The Balaban J connectivity index is 2.30. The number of rotatable bonds is 2. The normalized spacial score (nSPS) is 27.7. The minimum absolute atomic E-state index is 0.00165. The van der Waals surface area contributed by atoms with E-state index in [0.717, 1.165) is 0 Å². The summed E-state index contributed by atoms with van der Waals surface area (Å²) in [6.07, 6.45) is 4.12. The summed E-state index contributed by atoms with van der Waals surface area (Å²) in [5, 5.41) is 40.1. The molecule has 0 aromatic heterocycles. The van der Waals surface area contributed by atoms with Gasteiger partial charge in [-0.3, -0.25) is 4.79 Å². The standard InChI is InChI=1S/C17H16O6/c1-3-10-14-11-5-13(20)12(19)4-9(11)6-17(14,22)7-23-16(10)15(21)8(2)18/h3-5,18,20-22H,1,6-7H2,2H3/b15-8-. The largest absolute Gasteiger partial charge is 0.509 e. The molecular formula is C17H16O6. The second-order valence-electron chi connectivity index (χ2n) is 5.73. The highest BCUT2D eigenvalue weighted by Gasteiger charge is 2.48. The zero-order valence-electron chi connectivity index (χ0n) is 12.5. The molecule has 6 heteroatoms. The van der Waals surface area contributed by atoms with E-state index < -0.39 is 22.9 Å². The lowest BCUT2D eigenvalue weighted by atomic mass is 9.86. The van der Waals surface area contributed by atoms with Gasteiger partial charge in [-0.1, -0.05) is 12.7 Å². The molecule has 23 heavy (non-hydrogen) atoms. The average molecular weight is 316 g/mol. The first-order valence-electron chi connectivity index (χ1n) is 7.00. The van der Waals surface area contributed by atoms with Crippen LogP contribution in [-0.2, 0) is 9.53 Å². The third-order valence-corrected chi connectivity index (χ3v) is 4.13. The lowest BCUT2D eigenvalue weighted by molar-refractivity contribution is -0.113. The number of fused-ring (bicyclic) bond motifs is 2. The van der Waals surface area contributed by atoms with E-state index >= 15 is 0 Å². The van der Waals surface area contributed by atoms with Gasteiger partial charge >= 0.3 is 0 Å². The summed E-state index contributed by atoms with van der Waals surface area (Å²) in [7, 11) is 0. The molecule has 6 nitrogen and oxygen atoms in total. The summed E-state index contributed by atoms with van der Waals surface area (Å²) in [4.78, 5) is 11.6. The van der Waals surface area contributed by atoms with Crippen molar-refractivity contribution in [3.05, 3.63) is 70.1 Å². The van der Waals surface area contributed by atoms with E-state index in [2.05, 4.69) is 6.58 Å². The van der Waals surface area contributed by atoms with Crippen molar-refractivity contribution >= 4 is 5.78 Å². The monoisotopic (exact) mass is 316 g/mol. The van der Waals surface area contributed by atoms with Crippen molar-refractivity contribution in [2.45, 2.75) is 18.9 Å². The van der Waals surface area contributed by atoms with E-state index in [0.29, 0.717) is 22.3 Å². The third-order valence-electron chi connectivity index (χ3n) is 4.13.